The Balaban J connectivity index is 1.76. The SMILES string of the molecule is CCOC(=O)c1c(NC(=O)CN2CCCC2c2cccs2)sc(C(=O)OCCOC)c1C. The Morgan fingerprint density at radius 3 is 2.72 bits per heavy atom. The zero-order chi connectivity index (χ0) is 23.1. The Kier molecular flexibility index (Phi) is 8.80. The van der Waals surface area contributed by atoms with Crippen molar-refractivity contribution in [3.05, 3.63) is 38.4 Å². The first kappa shape index (κ1) is 24.4. The normalized spacial score (nSPS) is 16.2. The molecule has 1 amide bonds. The van der Waals surface area contributed by atoms with Gasteiger partial charge in [-0.15, -0.1) is 22.7 Å². The van der Waals surface area contributed by atoms with E-state index in [9.17, 15) is 14.4 Å². The fourth-order valence-electron chi connectivity index (χ4n) is 3.70. The predicted molar refractivity (Wildman–Crippen MR) is 124 cm³/mol. The van der Waals surface area contributed by atoms with Crippen molar-refractivity contribution in [3.8, 4) is 0 Å². The zero-order valence-corrected chi connectivity index (χ0v) is 20.1. The molecule has 1 aliphatic heterocycles. The van der Waals surface area contributed by atoms with Gasteiger partial charge >= 0.3 is 11.9 Å². The lowest BCUT2D eigenvalue weighted by molar-refractivity contribution is -0.117. The van der Waals surface area contributed by atoms with Crippen LogP contribution >= 0.6 is 22.7 Å². The van der Waals surface area contributed by atoms with Crippen LogP contribution in [0.5, 0.6) is 0 Å². The van der Waals surface area contributed by atoms with Crippen LogP contribution in [0.4, 0.5) is 5.00 Å². The number of carbonyl (C=O) groups excluding carboxylic acids is 3. The summed E-state index contributed by atoms with van der Waals surface area (Å²) in [5.74, 6) is -1.38. The van der Waals surface area contributed by atoms with Crippen LogP contribution in [0.3, 0.4) is 0 Å². The minimum atomic E-state index is -0.579. The molecule has 1 atom stereocenters. The number of likely N-dealkylation sites (tertiary alicyclic amines) is 1. The summed E-state index contributed by atoms with van der Waals surface area (Å²) in [4.78, 5) is 41.6. The van der Waals surface area contributed by atoms with Gasteiger partial charge in [-0.05, 0) is 50.2 Å². The molecule has 2 aromatic heterocycles. The molecule has 1 aliphatic rings. The van der Waals surface area contributed by atoms with Crippen LogP contribution in [0.1, 0.15) is 56.3 Å². The Labute approximate surface area is 195 Å². The molecule has 0 aliphatic carbocycles. The Morgan fingerprint density at radius 1 is 1.22 bits per heavy atom. The number of methoxy groups -OCH3 is 1. The first-order valence-corrected chi connectivity index (χ1v) is 12.2. The number of anilines is 1. The van der Waals surface area contributed by atoms with Gasteiger partial charge in [-0.3, -0.25) is 9.69 Å². The summed E-state index contributed by atoms with van der Waals surface area (Å²) in [7, 11) is 1.51. The van der Waals surface area contributed by atoms with Gasteiger partial charge in [-0.25, -0.2) is 9.59 Å². The van der Waals surface area contributed by atoms with Crippen molar-refractivity contribution in [2.75, 3.05) is 45.3 Å². The molecule has 0 radical (unpaired) electrons. The highest BCUT2D eigenvalue weighted by Crippen LogP contribution is 2.36. The second kappa shape index (κ2) is 11.6. The molecular formula is C22H28N2O6S2. The number of nitrogens with one attached hydrogen (secondary N) is 1. The molecular weight excluding hydrogens is 452 g/mol. The van der Waals surface area contributed by atoms with E-state index in [2.05, 4.69) is 16.3 Å². The zero-order valence-electron chi connectivity index (χ0n) is 18.5. The molecule has 3 rings (SSSR count). The lowest BCUT2D eigenvalue weighted by Gasteiger charge is -2.22. The number of rotatable bonds is 10. The maximum Gasteiger partial charge on any atom is 0.348 e. The first-order valence-electron chi connectivity index (χ1n) is 10.5. The van der Waals surface area contributed by atoms with Crippen molar-refractivity contribution in [2.24, 2.45) is 0 Å². The van der Waals surface area contributed by atoms with Crippen LogP contribution < -0.4 is 5.32 Å². The van der Waals surface area contributed by atoms with Gasteiger partial charge in [0.05, 0.1) is 25.3 Å². The molecule has 10 heteroatoms. The van der Waals surface area contributed by atoms with Crippen molar-refractivity contribution >= 4 is 45.5 Å². The van der Waals surface area contributed by atoms with Gasteiger partial charge in [0.2, 0.25) is 5.91 Å². The third kappa shape index (κ3) is 5.74. The van der Waals surface area contributed by atoms with E-state index in [0.29, 0.717) is 10.6 Å². The number of thiophene rings is 2. The van der Waals surface area contributed by atoms with Crippen molar-refractivity contribution in [1.82, 2.24) is 4.90 Å². The largest absolute Gasteiger partial charge is 0.462 e. The molecule has 0 bridgehead atoms. The minimum absolute atomic E-state index is 0.0994. The number of carbonyl (C=O) groups is 3. The van der Waals surface area contributed by atoms with Crippen LogP contribution in [0.15, 0.2) is 17.5 Å². The van der Waals surface area contributed by atoms with E-state index in [0.717, 1.165) is 30.7 Å². The molecule has 0 saturated carbocycles. The molecule has 174 valence electrons. The van der Waals surface area contributed by atoms with E-state index in [1.54, 1.807) is 25.2 Å². The molecule has 2 aromatic rings. The average molecular weight is 481 g/mol. The summed E-state index contributed by atoms with van der Waals surface area (Å²) >= 11 is 2.72. The van der Waals surface area contributed by atoms with Crippen LogP contribution in [0.2, 0.25) is 0 Å². The number of ether oxygens (including phenoxy) is 3. The maximum atomic E-state index is 12.9. The molecule has 0 aromatic carbocycles. The molecule has 1 N–H and O–H groups in total. The maximum absolute atomic E-state index is 12.9. The Morgan fingerprint density at radius 2 is 2.03 bits per heavy atom. The third-order valence-corrected chi connectivity index (χ3v) is 7.33. The smallest absolute Gasteiger partial charge is 0.348 e. The first-order chi connectivity index (χ1) is 15.5. The second-order valence-electron chi connectivity index (χ2n) is 7.30. The molecule has 1 fully saturated rings. The van der Waals surface area contributed by atoms with Gasteiger partial charge in [0.25, 0.3) is 0 Å². The molecule has 8 nitrogen and oxygen atoms in total. The highest BCUT2D eigenvalue weighted by atomic mass is 32.1. The summed E-state index contributed by atoms with van der Waals surface area (Å²) in [6, 6.07) is 4.33. The number of amides is 1. The van der Waals surface area contributed by atoms with Crippen molar-refractivity contribution in [3.63, 3.8) is 0 Å². The Hall–Kier alpha value is -2.27. The number of esters is 2. The fraction of sp³-hybridized carbons (Fsp3) is 0.500. The van der Waals surface area contributed by atoms with Gasteiger partial charge in [0.1, 0.15) is 16.5 Å². The van der Waals surface area contributed by atoms with Crippen LogP contribution in [-0.2, 0) is 19.0 Å². The van der Waals surface area contributed by atoms with Crippen LogP contribution in [-0.4, -0.2) is 62.8 Å². The second-order valence-corrected chi connectivity index (χ2v) is 9.30. The highest BCUT2D eigenvalue weighted by molar-refractivity contribution is 7.18. The van der Waals surface area contributed by atoms with Gasteiger partial charge in [0.15, 0.2) is 0 Å². The number of hydrogen-bond acceptors (Lipinski definition) is 9. The summed E-state index contributed by atoms with van der Waals surface area (Å²) in [5.41, 5.74) is 0.629. The lowest BCUT2D eigenvalue weighted by atomic mass is 10.1. The molecule has 0 spiro atoms. The van der Waals surface area contributed by atoms with E-state index < -0.39 is 11.9 Å². The molecule has 32 heavy (non-hydrogen) atoms. The van der Waals surface area contributed by atoms with E-state index in [1.807, 2.05) is 11.4 Å². The summed E-state index contributed by atoms with van der Waals surface area (Å²) in [6.07, 6.45) is 2.04. The highest BCUT2D eigenvalue weighted by Gasteiger charge is 2.30. The van der Waals surface area contributed by atoms with E-state index >= 15 is 0 Å². The lowest BCUT2D eigenvalue weighted by Crippen LogP contribution is -2.32. The van der Waals surface area contributed by atoms with Crippen LogP contribution in [0, 0.1) is 6.92 Å². The van der Waals surface area contributed by atoms with Gasteiger partial charge < -0.3 is 19.5 Å². The topological polar surface area (TPSA) is 94.2 Å². The summed E-state index contributed by atoms with van der Waals surface area (Å²) in [6.45, 7) is 4.95. The molecule has 1 unspecified atom stereocenters. The minimum Gasteiger partial charge on any atom is -0.462 e. The van der Waals surface area contributed by atoms with Crippen molar-refractivity contribution in [1.29, 1.82) is 0 Å². The van der Waals surface area contributed by atoms with E-state index in [-0.39, 0.29) is 48.8 Å². The Bertz CT molecular complexity index is 941. The quantitative estimate of drug-likeness (QED) is 0.407. The fourth-order valence-corrected chi connectivity index (χ4v) is 5.70. The van der Waals surface area contributed by atoms with Gasteiger partial charge in [0, 0.05) is 18.0 Å². The average Bonchev–Trinajstić information content (AvgIpc) is 3.48. The number of hydrogen-bond donors (Lipinski definition) is 1. The van der Waals surface area contributed by atoms with Gasteiger partial charge in [-0.2, -0.15) is 0 Å². The molecule has 1 saturated heterocycles. The van der Waals surface area contributed by atoms with Crippen molar-refractivity contribution in [2.45, 2.75) is 32.7 Å². The van der Waals surface area contributed by atoms with Crippen LogP contribution in [0.25, 0.3) is 0 Å². The third-order valence-electron chi connectivity index (χ3n) is 5.17. The molecule has 3 heterocycles. The van der Waals surface area contributed by atoms with E-state index in [4.69, 9.17) is 14.2 Å². The standard InChI is InChI=1S/C22H28N2O6S2/c1-4-29-21(26)18-14(2)19(22(27)30-11-10-28-3)32-20(18)23-17(25)13-24-9-5-7-15(24)16-8-6-12-31-16/h6,8,12,15H,4-5,7,9-11,13H2,1-3H3,(H,23,25). The predicted octanol–water partition coefficient (Wildman–Crippen LogP) is 3.87. The number of nitrogens with zero attached hydrogens (tertiary/aromatic N) is 1. The van der Waals surface area contributed by atoms with Crippen molar-refractivity contribution < 1.29 is 28.6 Å². The monoisotopic (exact) mass is 480 g/mol. The summed E-state index contributed by atoms with van der Waals surface area (Å²) < 4.78 is 15.3. The van der Waals surface area contributed by atoms with Gasteiger partial charge in [-0.1, -0.05) is 6.07 Å². The van der Waals surface area contributed by atoms with E-state index in [1.165, 1.54) is 12.0 Å². The summed E-state index contributed by atoms with van der Waals surface area (Å²) in [5, 5.41) is 5.18.